The molecule has 0 aromatic carbocycles. The number of nitrogens with zero attached hydrogens (tertiary/aromatic N) is 2. The minimum atomic E-state index is -0.362. The molecular weight excluding hydrogens is 260 g/mol. The number of carbonyl (C=O) groups is 1. The lowest BCUT2D eigenvalue weighted by Gasteiger charge is -2.09. The van der Waals surface area contributed by atoms with Gasteiger partial charge < -0.3 is 26.6 Å². The Hall–Kier alpha value is -1.10. The van der Waals surface area contributed by atoms with Crippen molar-refractivity contribution in [1.29, 1.82) is 0 Å². The van der Waals surface area contributed by atoms with Gasteiger partial charge in [0.25, 0.3) is 0 Å². The van der Waals surface area contributed by atoms with E-state index in [1.54, 1.807) is 26.4 Å². The van der Waals surface area contributed by atoms with E-state index in [-0.39, 0.29) is 23.1 Å². The summed E-state index contributed by atoms with van der Waals surface area (Å²) in [7, 11) is 3.30. The number of rotatable bonds is 2. The number of aryl methyl sites for hydroxylation is 1. The van der Waals surface area contributed by atoms with Gasteiger partial charge in [0.05, 0.1) is 0 Å². The van der Waals surface area contributed by atoms with Crippen molar-refractivity contribution < 1.29 is 31.1 Å². The standard InChI is InChI=1S/C10H15N2O2.BrH/c1-4-12-7-5-6-9(8-12)14-10(13)11(2)3;/h5-8H,4H2,1-3H3;1H/q+1;/p-1. The molecule has 0 unspecified atom stereocenters. The van der Waals surface area contributed by atoms with Crippen LogP contribution in [0, 0.1) is 0 Å². The summed E-state index contributed by atoms with van der Waals surface area (Å²) in [5.74, 6) is 0.563. The first kappa shape index (κ1) is 13.9. The fraction of sp³-hybridized carbons (Fsp3) is 0.400. The molecule has 1 amide bonds. The monoisotopic (exact) mass is 274 g/mol. The van der Waals surface area contributed by atoms with Crippen LogP contribution in [0.1, 0.15) is 6.92 Å². The van der Waals surface area contributed by atoms with Crippen molar-refractivity contribution >= 4 is 6.09 Å². The van der Waals surface area contributed by atoms with E-state index in [4.69, 9.17) is 4.74 Å². The molecule has 0 spiro atoms. The van der Waals surface area contributed by atoms with E-state index < -0.39 is 0 Å². The van der Waals surface area contributed by atoms with Gasteiger partial charge in [-0.25, -0.2) is 9.36 Å². The number of halogens is 1. The molecule has 1 heterocycles. The lowest BCUT2D eigenvalue weighted by atomic mass is 10.4. The Balaban J connectivity index is 0.00000196. The highest BCUT2D eigenvalue weighted by molar-refractivity contribution is 5.69. The molecule has 0 aliphatic carbocycles. The van der Waals surface area contributed by atoms with Gasteiger partial charge in [0.1, 0.15) is 6.54 Å². The summed E-state index contributed by atoms with van der Waals surface area (Å²) in [6.45, 7) is 2.88. The van der Waals surface area contributed by atoms with Crippen molar-refractivity contribution in [3.63, 3.8) is 0 Å². The van der Waals surface area contributed by atoms with E-state index in [0.29, 0.717) is 5.75 Å². The summed E-state index contributed by atoms with van der Waals surface area (Å²) in [5.41, 5.74) is 0. The lowest BCUT2D eigenvalue weighted by molar-refractivity contribution is -0.693. The van der Waals surface area contributed by atoms with E-state index in [1.807, 2.05) is 23.8 Å². The maximum Gasteiger partial charge on any atom is 0.414 e. The largest absolute Gasteiger partial charge is 1.00 e. The molecule has 5 heteroatoms. The molecule has 0 aliphatic heterocycles. The molecule has 0 fully saturated rings. The van der Waals surface area contributed by atoms with Crippen LogP contribution in [0.2, 0.25) is 0 Å². The van der Waals surface area contributed by atoms with Crippen molar-refractivity contribution in [2.24, 2.45) is 0 Å². The van der Waals surface area contributed by atoms with Gasteiger partial charge in [-0.3, -0.25) is 0 Å². The summed E-state index contributed by atoms with van der Waals surface area (Å²) in [5, 5.41) is 0. The van der Waals surface area contributed by atoms with E-state index in [2.05, 4.69) is 0 Å². The smallest absolute Gasteiger partial charge is 0.414 e. The Labute approximate surface area is 100 Å². The zero-order valence-electron chi connectivity index (χ0n) is 9.11. The van der Waals surface area contributed by atoms with Crippen LogP contribution in [0.3, 0.4) is 0 Å². The van der Waals surface area contributed by atoms with E-state index in [9.17, 15) is 4.79 Å². The highest BCUT2D eigenvalue weighted by Crippen LogP contribution is 2.06. The fourth-order valence-corrected chi connectivity index (χ4v) is 0.947. The number of hydrogen-bond acceptors (Lipinski definition) is 2. The van der Waals surface area contributed by atoms with Crippen molar-refractivity contribution in [3.05, 3.63) is 24.5 Å². The van der Waals surface area contributed by atoms with E-state index >= 15 is 0 Å². The van der Waals surface area contributed by atoms with Gasteiger partial charge in [-0.2, -0.15) is 0 Å². The molecule has 0 saturated carbocycles. The Morgan fingerprint density at radius 3 is 2.73 bits per heavy atom. The quantitative estimate of drug-likeness (QED) is 0.588. The minimum Gasteiger partial charge on any atom is -1.00 e. The molecule has 0 bridgehead atoms. The Kier molecular flexibility index (Phi) is 5.93. The van der Waals surface area contributed by atoms with Gasteiger partial charge in [-0.05, 0) is 13.0 Å². The third-order valence-corrected chi connectivity index (χ3v) is 1.77. The van der Waals surface area contributed by atoms with Gasteiger partial charge >= 0.3 is 6.09 Å². The first-order valence-electron chi connectivity index (χ1n) is 4.51. The first-order valence-corrected chi connectivity index (χ1v) is 4.51. The van der Waals surface area contributed by atoms with Crippen LogP contribution in [0.5, 0.6) is 5.75 Å². The maximum atomic E-state index is 11.2. The highest BCUT2D eigenvalue weighted by Gasteiger charge is 2.08. The van der Waals surface area contributed by atoms with Gasteiger partial charge in [-0.1, -0.05) is 0 Å². The molecule has 0 saturated heterocycles. The van der Waals surface area contributed by atoms with Crippen LogP contribution in [0.25, 0.3) is 0 Å². The van der Waals surface area contributed by atoms with Crippen molar-refractivity contribution in [2.45, 2.75) is 13.5 Å². The van der Waals surface area contributed by atoms with Crippen molar-refractivity contribution in [3.8, 4) is 5.75 Å². The Bertz CT molecular complexity index is 329. The zero-order valence-corrected chi connectivity index (χ0v) is 10.7. The van der Waals surface area contributed by atoms with Gasteiger partial charge in [0, 0.05) is 20.2 Å². The summed E-state index contributed by atoms with van der Waals surface area (Å²) < 4.78 is 7.03. The molecule has 0 radical (unpaired) electrons. The maximum absolute atomic E-state index is 11.2. The number of aromatic nitrogens is 1. The van der Waals surface area contributed by atoms with E-state index in [1.165, 1.54) is 4.90 Å². The van der Waals surface area contributed by atoms with Crippen LogP contribution < -0.4 is 26.3 Å². The van der Waals surface area contributed by atoms with E-state index in [0.717, 1.165) is 6.54 Å². The summed E-state index contributed by atoms with van der Waals surface area (Å²) in [6.07, 6.45) is 3.35. The molecule has 1 aromatic heterocycles. The molecule has 84 valence electrons. The van der Waals surface area contributed by atoms with Crippen LogP contribution in [0.15, 0.2) is 24.5 Å². The normalized spacial score (nSPS) is 9.00. The second-order valence-electron chi connectivity index (χ2n) is 3.13. The van der Waals surface area contributed by atoms with Gasteiger partial charge in [0.15, 0.2) is 11.9 Å². The summed E-state index contributed by atoms with van der Waals surface area (Å²) >= 11 is 0. The third kappa shape index (κ3) is 4.29. The van der Waals surface area contributed by atoms with Gasteiger partial charge in [-0.15, -0.1) is 0 Å². The topological polar surface area (TPSA) is 33.4 Å². The average molecular weight is 275 g/mol. The fourth-order valence-electron chi connectivity index (χ4n) is 0.947. The van der Waals surface area contributed by atoms with Crippen LogP contribution >= 0.6 is 0 Å². The van der Waals surface area contributed by atoms with Crippen molar-refractivity contribution in [2.75, 3.05) is 14.1 Å². The molecule has 0 atom stereocenters. The number of hydrogen-bond donors (Lipinski definition) is 0. The SMILES string of the molecule is CC[n+]1cccc(OC(=O)N(C)C)c1.[Br-]. The second-order valence-corrected chi connectivity index (χ2v) is 3.13. The van der Waals surface area contributed by atoms with Crippen LogP contribution in [0.4, 0.5) is 4.79 Å². The Morgan fingerprint density at radius 1 is 1.53 bits per heavy atom. The number of amides is 1. The average Bonchev–Trinajstić information content (AvgIpc) is 2.18. The number of pyridine rings is 1. The predicted octanol–water partition coefficient (Wildman–Crippen LogP) is -1.94. The molecular formula is C10H15BrN2O2. The molecule has 1 aromatic rings. The predicted molar refractivity (Wildman–Crippen MR) is 52.0 cm³/mol. The summed E-state index contributed by atoms with van der Waals surface area (Å²) in [4.78, 5) is 12.6. The minimum absolute atomic E-state index is 0. The molecule has 4 nitrogen and oxygen atoms in total. The zero-order chi connectivity index (χ0) is 10.6. The highest BCUT2D eigenvalue weighted by atomic mass is 79.9. The molecule has 0 aliphatic rings. The lowest BCUT2D eigenvalue weighted by Crippen LogP contribution is -3.00. The third-order valence-electron chi connectivity index (χ3n) is 1.77. The van der Waals surface area contributed by atoms with Crippen LogP contribution in [-0.4, -0.2) is 25.1 Å². The summed E-state index contributed by atoms with van der Waals surface area (Å²) in [6, 6.07) is 3.61. The first-order chi connectivity index (χ1) is 6.63. The van der Waals surface area contributed by atoms with Crippen LogP contribution in [-0.2, 0) is 6.54 Å². The Morgan fingerprint density at radius 2 is 2.20 bits per heavy atom. The second kappa shape index (κ2) is 6.40. The van der Waals surface area contributed by atoms with Crippen molar-refractivity contribution in [1.82, 2.24) is 4.90 Å². The number of carbonyl (C=O) groups excluding carboxylic acids is 1. The van der Waals surface area contributed by atoms with Gasteiger partial charge in [0.2, 0.25) is 6.20 Å². The number of ether oxygens (including phenoxy) is 1. The molecule has 15 heavy (non-hydrogen) atoms. The molecule has 0 N–H and O–H groups in total. The molecule has 1 rings (SSSR count).